The van der Waals surface area contributed by atoms with E-state index in [1.807, 2.05) is 0 Å². The van der Waals surface area contributed by atoms with E-state index in [0.29, 0.717) is 34.4 Å². The fourth-order valence-corrected chi connectivity index (χ4v) is 2.71. The Labute approximate surface area is 160 Å². The number of aliphatic hydroxyl groups is 1. The molecule has 0 fully saturated rings. The summed E-state index contributed by atoms with van der Waals surface area (Å²) < 4.78 is 13.2. The molecular weight excluding hydrogens is 367 g/mol. The number of nitrogens with one attached hydrogen (secondary N) is 1. The Kier molecular flexibility index (Phi) is 7.05. The number of pyridine rings is 1. The van der Waals surface area contributed by atoms with Gasteiger partial charge in [0.15, 0.2) is 0 Å². The molecule has 1 aliphatic heterocycles. The summed E-state index contributed by atoms with van der Waals surface area (Å²) in [6.45, 7) is 1.65. The van der Waals surface area contributed by atoms with Gasteiger partial charge in [0.05, 0.1) is 22.2 Å². The highest BCUT2D eigenvalue weighted by Gasteiger charge is 2.35. The molecule has 2 amide bonds. The molecule has 0 saturated heterocycles. The normalized spacial score (nSPS) is 12.1. The molecule has 4 rings (SSSR count). The molecule has 146 valence electrons. The highest BCUT2D eigenvalue weighted by molar-refractivity contribution is 6.21. The number of H-pyrrole nitrogens is 1. The van der Waals surface area contributed by atoms with Crippen molar-refractivity contribution in [3.63, 3.8) is 0 Å². The summed E-state index contributed by atoms with van der Waals surface area (Å²) in [5.74, 6) is -0.421. The number of carbonyl (C=O) groups excluding carboxylic acids is 3. The minimum atomic E-state index is -0.347. The Bertz CT molecular complexity index is 968. The Balaban J connectivity index is 0.000000514. The van der Waals surface area contributed by atoms with E-state index >= 15 is 0 Å². The van der Waals surface area contributed by atoms with E-state index in [0.717, 1.165) is 13.4 Å². The van der Waals surface area contributed by atoms with Crippen molar-refractivity contribution in [1.29, 1.82) is 0 Å². The van der Waals surface area contributed by atoms with Crippen LogP contribution >= 0.6 is 0 Å². The monoisotopic (exact) mass is 386 g/mol. The first-order chi connectivity index (χ1) is 13.5. The number of rotatable bonds is 3. The number of aldehydes is 1. The average molecular weight is 386 g/mol. The number of hydrogen-bond acceptors (Lipinski definition) is 6. The van der Waals surface area contributed by atoms with Crippen LogP contribution in [0, 0.1) is 5.82 Å². The van der Waals surface area contributed by atoms with E-state index < -0.39 is 0 Å². The maximum Gasteiger partial charge on any atom is 0.263 e. The molecule has 1 aliphatic rings. The zero-order valence-electron chi connectivity index (χ0n) is 15.3. The maximum atomic E-state index is 13.2. The second-order valence-corrected chi connectivity index (χ2v) is 5.51. The number of aliphatic hydroxyl groups excluding tert-OH is 1. The van der Waals surface area contributed by atoms with Crippen LogP contribution in [0.5, 0.6) is 0 Å². The van der Waals surface area contributed by atoms with Crippen LogP contribution in [0.15, 0.2) is 36.7 Å². The standard InChI is InChI=1S/C16H11FN4O2.C2H4O.CH4O/c17-9-1-2-12-13(7-9)20-14(19-12)4-6-21-15(22)10-3-5-18-8-11(10)16(21)23;1-2-3;1-2/h1-3,5,7-8H,4,6H2,(H,19,20);2H,1H3;2H,1H3. The van der Waals surface area contributed by atoms with Crippen LogP contribution in [0.1, 0.15) is 33.5 Å². The number of imidazole rings is 1. The van der Waals surface area contributed by atoms with Crippen molar-refractivity contribution in [3.05, 3.63) is 59.4 Å². The van der Waals surface area contributed by atoms with E-state index in [1.165, 1.54) is 36.4 Å². The van der Waals surface area contributed by atoms with Gasteiger partial charge in [-0.05, 0) is 31.2 Å². The van der Waals surface area contributed by atoms with Crippen LogP contribution in [0.2, 0.25) is 0 Å². The van der Waals surface area contributed by atoms with Gasteiger partial charge in [0.2, 0.25) is 0 Å². The fraction of sp³-hybridized carbons (Fsp3) is 0.211. The average Bonchev–Trinajstić information content (AvgIpc) is 3.21. The van der Waals surface area contributed by atoms with Crippen molar-refractivity contribution in [2.45, 2.75) is 13.3 Å². The topological polar surface area (TPSA) is 116 Å². The molecule has 0 saturated carbocycles. The van der Waals surface area contributed by atoms with E-state index in [2.05, 4.69) is 15.0 Å². The third-order valence-electron chi connectivity index (χ3n) is 3.84. The van der Waals surface area contributed by atoms with Gasteiger partial charge in [0, 0.05) is 32.5 Å². The summed E-state index contributed by atoms with van der Waals surface area (Å²) in [5, 5.41) is 7.00. The van der Waals surface area contributed by atoms with Crippen molar-refractivity contribution in [2.24, 2.45) is 0 Å². The van der Waals surface area contributed by atoms with Crippen LogP contribution in [-0.4, -0.2) is 56.7 Å². The summed E-state index contributed by atoms with van der Waals surface area (Å²) in [7, 11) is 1.00. The van der Waals surface area contributed by atoms with E-state index in [9.17, 15) is 14.0 Å². The SMILES string of the molecule is CC=O.CO.O=C1c2ccncc2C(=O)N1CCc1nc2ccc(F)cc2[nH]1. The molecule has 0 bridgehead atoms. The molecule has 3 heterocycles. The van der Waals surface area contributed by atoms with Crippen molar-refractivity contribution in [3.8, 4) is 0 Å². The van der Waals surface area contributed by atoms with Crippen molar-refractivity contribution in [2.75, 3.05) is 13.7 Å². The molecule has 0 radical (unpaired) electrons. The number of benzene rings is 1. The second kappa shape index (κ2) is 9.47. The molecule has 3 aromatic rings. The van der Waals surface area contributed by atoms with Crippen LogP contribution < -0.4 is 0 Å². The maximum absolute atomic E-state index is 13.2. The van der Waals surface area contributed by atoms with Gasteiger partial charge in [-0.3, -0.25) is 19.5 Å². The van der Waals surface area contributed by atoms with Gasteiger partial charge < -0.3 is 14.9 Å². The first-order valence-corrected chi connectivity index (χ1v) is 8.34. The minimum absolute atomic E-state index is 0.203. The lowest BCUT2D eigenvalue weighted by Crippen LogP contribution is -2.31. The third-order valence-corrected chi connectivity index (χ3v) is 3.84. The number of amides is 2. The highest BCUT2D eigenvalue weighted by atomic mass is 19.1. The number of aromatic amines is 1. The number of imide groups is 1. The van der Waals surface area contributed by atoms with Crippen molar-refractivity contribution >= 4 is 29.1 Å². The minimum Gasteiger partial charge on any atom is -0.400 e. The van der Waals surface area contributed by atoms with Crippen molar-refractivity contribution in [1.82, 2.24) is 19.9 Å². The molecule has 0 unspecified atom stereocenters. The zero-order valence-corrected chi connectivity index (χ0v) is 15.3. The molecule has 9 heteroatoms. The lowest BCUT2D eigenvalue weighted by atomic mass is 10.2. The number of aromatic nitrogens is 3. The Morgan fingerprint density at radius 1 is 1.18 bits per heavy atom. The zero-order chi connectivity index (χ0) is 20.7. The van der Waals surface area contributed by atoms with E-state index in [4.69, 9.17) is 9.90 Å². The molecule has 8 nitrogen and oxygen atoms in total. The lowest BCUT2D eigenvalue weighted by molar-refractivity contribution is -0.106. The Morgan fingerprint density at radius 2 is 1.86 bits per heavy atom. The van der Waals surface area contributed by atoms with Crippen LogP contribution in [0.25, 0.3) is 11.0 Å². The van der Waals surface area contributed by atoms with Gasteiger partial charge in [-0.2, -0.15) is 0 Å². The van der Waals surface area contributed by atoms with Gasteiger partial charge >= 0.3 is 0 Å². The second-order valence-electron chi connectivity index (χ2n) is 5.51. The van der Waals surface area contributed by atoms with Crippen LogP contribution in [0.3, 0.4) is 0 Å². The molecule has 0 aliphatic carbocycles. The molecule has 2 N–H and O–H groups in total. The largest absolute Gasteiger partial charge is 0.400 e. The number of nitrogens with zero attached hydrogens (tertiary/aromatic N) is 3. The molecular formula is C19H19FN4O4. The van der Waals surface area contributed by atoms with Crippen LogP contribution in [0.4, 0.5) is 4.39 Å². The predicted molar refractivity (Wildman–Crippen MR) is 99.2 cm³/mol. The Hall–Kier alpha value is -3.46. The highest BCUT2D eigenvalue weighted by Crippen LogP contribution is 2.22. The van der Waals surface area contributed by atoms with Gasteiger partial charge in [0.1, 0.15) is 17.9 Å². The van der Waals surface area contributed by atoms with E-state index in [1.54, 1.807) is 12.1 Å². The summed E-state index contributed by atoms with van der Waals surface area (Å²) in [6, 6.07) is 5.82. The molecule has 1 aromatic carbocycles. The third kappa shape index (κ3) is 4.26. The Morgan fingerprint density at radius 3 is 2.54 bits per heavy atom. The number of halogens is 1. The summed E-state index contributed by atoms with van der Waals surface area (Å²) >= 11 is 0. The number of fused-ring (bicyclic) bond motifs is 2. The predicted octanol–water partition coefficient (Wildman–Crippen LogP) is 1.75. The quantitative estimate of drug-likeness (QED) is 0.523. The van der Waals surface area contributed by atoms with E-state index in [-0.39, 0.29) is 24.2 Å². The number of hydrogen-bond donors (Lipinski definition) is 2. The smallest absolute Gasteiger partial charge is 0.263 e. The summed E-state index contributed by atoms with van der Waals surface area (Å²) in [4.78, 5) is 45.7. The first-order valence-electron chi connectivity index (χ1n) is 8.34. The van der Waals surface area contributed by atoms with Gasteiger partial charge in [0.25, 0.3) is 11.8 Å². The fourth-order valence-electron chi connectivity index (χ4n) is 2.71. The molecule has 0 spiro atoms. The van der Waals surface area contributed by atoms with Crippen molar-refractivity contribution < 1.29 is 23.9 Å². The first kappa shape index (κ1) is 20.8. The summed E-state index contributed by atoms with van der Waals surface area (Å²) in [5.41, 5.74) is 1.93. The summed E-state index contributed by atoms with van der Waals surface area (Å²) in [6.07, 6.45) is 4.01. The molecule has 28 heavy (non-hydrogen) atoms. The molecule has 0 atom stereocenters. The van der Waals surface area contributed by atoms with Crippen LogP contribution in [-0.2, 0) is 11.2 Å². The lowest BCUT2D eigenvalue weighted by Gasteiger charge is -2.12. The van der Waals surface area contributed by atoms with Gasteiger partial charge in [-0.15, -0.1) is 0 Å². The number of carbonyl (C=O) groups is 3. The van der Waals surface area contributed by atoms with Gasteiger partial charge in [-0.1, -0.05) is 0 Å². The molecule has 2 aromatic heterocycles. The van der Waals surface area contributed by atoms with Gasteiger partial charge in [-0.25, -0.2) is 9.37 Å².